The second-order valence-electron chi connectivity index (χ2n) is 8.25. The van der Waals surface area contributed by atoms with Crippen LogP contribution in [0.25, 0.3) is 10.8 Å². The zero-order valence-corrected chi connectivity index (χ0v) is 20.6. The molecule has 0 radical (unpaired) electrons. The molecule has 1 aromatic heterocycles. The molecule has 0 spiro atoms. The lowest BCUT2D eigenvalue weighted by Gasteiger charge is -2.11. The van der Waals surface area contributed by atoms with Gasteiger partial charge < -0.3 is 15.4 Å². The number of benzene rings is 4. The zero-order chi connectivity index (χ0) is 25.8. The van der Waals surface area contributed by atoms with E-state index in [0.29, 0.717) is 28.8 Å². The molecule has 9 heteroatoms. The van der Waals surface area contributed by atoms with Crippen molar-refractivity contribution in [3.05, 3.63) is 109 Å². The number of carbonyl (C=O) groups is 1. The Morgan fingerprint density at radius 3 is 2.38 bits per heavy atom. The van der Waals surface area contributed by atoms with Crippen LogP contribution in [0, 0.1) is 0 Å². The molecule has 2 N–H and O–H groups in total. The van der Waals surface area contributed by atoms with Gasteiger partial charge in [0.15, 0.2) is 9.84 Å². The molecule has 0 saturated heterocycles. The molecular formula is C28H22N4O4S. The van der Waals surface area contributed by atoms with Gasteiger partial charge in [0, 0.05) is 35.5 Å². The molecule has 184 valence electrons. The fourth-order valence-corrected chi connectivity index (χ4v) is 4.37. The van der Waals surface area contributed by atoms with Gasteiger partial charge in [-0.3, -0.25) is 4.79 Å². The average molecular weight is 511 g/mol. The van der Waals surface area contributed by atoms with Crippen molar-refractivity contribution < 1.29 is 17.9 Å². The summed E-state index contributed by atoms with van der Waals surface area (Å²) in [7, 11) is -3.27. The van der Waals surface area contributed by atoms with Gasteiger partial charge in [-0.15, -0.1) is 0 Å². The molecule has 0 unspecified atom stereocenters. The van der Waals surface area contributed by atoms with Gasteiger partial charge in [-0.05, 0) is 71.4 Å². The van der Waals surface area contributed by atoms with Crippen LogP contribution < -0.4 is 15.4 Å². The molecule has 5 aromatic rings. The van der Waals surface area contributed by atoms with Crippen LogP contribution in [-0.2, 0) is 9.84 Å². The number of nitrogens with zero attached hydrogens (tertiary/aromatic N) is 2. The highest BCUT2D eigenvalue weighted by Gasteiger charge is 2.12. The number of carbonyl (C=O) groups excluding carboxylic acids is 1. The Morgan fingerprint density at radius 1 is 0.838 bits per heavy atom. The Morgan fingerprint density at radius 2 is 1.62 bits per heavy atom. The Labute approximate surface area is 213 Å². The average Bonchev–Trinajstić information content (AvgIpc) is 2.89. The standard InChI is InChI=1S/C28H22N4O4S/c1-37(34,35)23-13-10-21(11-14-23)31-28-29-17-16-26(32-28)36-22-12-15-24-19(18-22)6-5-9-25(24)27(33)30-20-7-3-2-4-8-20/h2-18H,1H3,(H,30,33)(H,29,31,32). The minimum atomic E-state index is -3.27. The highest BCUT2D eigenvalue weighted by Crippen LogP contribution is 2.28. The van der Waals surface area contributed by atoms with Crippen LogP contribution in [0.2, 0.25) is 0 Å². The summed E-state index contributed by atoms with van der Waals surface area (Å²) in [5, 5.41) is 7.60. The number of fused-ring (bicyclic) bond motifs is 1. The first-order chi connectivity index (χ1) is 17.8. The van der Waals surface area contributed by atoms with E-state index >= 15 is 0 Å². The van der Waals surface area contributed by atoms with E-state index in [1.165, 1.54) is 12.1 Å². The number of sulfone groups is 1. The molecule has 5 rings (SSSR count). The first-order valence-corrected chi connectivity index (χ1v) is 13.2. The number of nitrogens with one attached hydrogen (secondary N) is 2. The van der Waals surface area contributed by atoms with Gasteiger partial charge >= 0.3 is 0 Å². The van der Waals surface area contributed by atoms with Gasteiger partial charge in [-0.2, -0.15) is 4.98 Å². The van der Waals surface area contributed by atoms with Crippen molar-refractivity contribution >= 4 is 43.8 Å². The monoisotopic (exact) mass is 510 g/mol. The summed E-state index contributed by atoms with van der Waals surface area (Å²) in [6.07, 6.45) is 2.72. The molecule has 0 aliphatic heterocycles. The minimum absolute atomic E-state index is 0.193. The number of ether oxygens (including phenoxy) is 1. The van der Waals surface area contributed by atoms with Crippen LogP contribution in [0.1, 0.15) is 10.4 Å². The molecule has 4 aromatic carbocycles. The van der Waals surface area contributed by atoms with Gasteiger partial charge in [0.1, 0.15) is 5.75 Å². The van der Waals surface area contributed by atoms with Crippen molar-refractivity contribution in [2.24, 2.45) is 0 Å². The Hall–Kier alpha value is -4.76. The third kappa shape index (κ3) is 5.74. The quantitative estimate of drug-likeness (QED) is 0.284. The summed E-state index contributed by atoms with van der Waals surface area (Å²) in [6.45, 7) is 0. The third-order valence-electron chi connectivity index (χ3n) is 5.52. The normalized spacial score (nSPS) is 11.2. The van der Waals surface area contributed by atoms with Crippen molar-refractivity contribution in [1.29, 1.82) is 0 Å². The SMILES string of the molecule is CS(=O)(=O)c1ccc(Nc2nccc(Oc3ccc4c(C(=O)Nc5ccccc5)cccc4c3)n2)cc1. The summed E-state index contributed by atoms with van der Waals surface area (Å²) in [6, 6.07) is 28.2. The number of hydrogen-bond donors (Lipinski definition) is 2. The number of para-hydroxylation sites is 1. The van der Waals surface area contributed by atoms with Crippen LogP contribution in [0.4, 0.5) is 17.3 Å². The van der Waals surface area contributed by atoms with E-state index in [1.54, 1.807) is 36.5 Å². The molecule has 0 bridgehead atoms. The van der Waals surface area contributed by atoms with E-state index in [-0.39, 0.29) is 10.8 Å². The van der Waals surface area contributed by atoms with Crippen molar-refractivity contribution in [3.8, 4) is 11.6 Å². The fraction of sp³-hybridized carbons (Fsp3) is 0.0357. The fourth-order valence-electron chi connectivity index (χ4n) is 3.74. The second-order valence-corrected chi connectivity index (χ2v) is 10.3. The predicted molar refractivity (Wildman–Crippen MR) is 143 cm³/mol. The number of anilines is 3. The molecule has 0 aliphatic carbocycles. The summed E-state index contributed by atoms with van der Waals surface area (Å²) >= 11 is 0. The van der Waals surface area contributed by atoms with Gasteiger partial charge in [0.25, 0.3) is 5.91 Å². The molecule has 1 heterocycles. The lowest BCUT2D eigenvalue weighted by Crippen LogP contribution is -2.12. The summed E-state index contributed by atoms with van der Waals surface area (Å²) < 4.78 is 29.2. The Bertz CT molecular complexity index is 1690. The van der Waals surface area contributed by atoms with E-state index in [9.17, 15) is 13.2 Å². The molecule has 8 nitrogen and oxygen atoms in total. The van der Waals surface area contributed by atoms with E-state index in [4.69, 9.17) is 4.74 Å². The number of aromatic nitrogens is 2. The van der Waals surface area contributed by atoms with E-state index in [1.807, 2.05) is 54.6 Å². The van der Waals surface area contributed by atoms with Crippen LogP contribution >= 0.6 is 0 Å². The highest BCUT2D eigenvalue weighted by atomic mass is 32.2. The summed E-state index contributed by atoms with van der Waals surface area (Å²) in [5.74, 6) is 0.977. The molecular weight excluding hydrogens is 488 g/mol. The van der Waals surface area contributed by atoms with Crippen molar-refractivity contribution in [3.63, 3.8) is 0 Å². The van der Waals surface area contributed by atoms with E-state index in [2.05, 4.69) is 20.6 Å². The Balaban J connectivity index is 1.33. The first-order valence-electron chi connectivity index (χ1n) is 11.3. The molecule has 0 fully saturated rings. The topological polar surface area (TPSA) is 110 Å². The smallest absolute Gasteiger partial charge is 0.256 e. The second kappa shape index (κ2) is 10.1. The van der Waals surface area contributed by atoms with E-state index in [0.717, 1.165) is 22.7 Å². The van der Waals surface area contributed by atoms with Crippen LogP contribution in [0.5, 0.6) is 11.6 Å². The largest absolute Gasteiger partial charge is 0.439 e. The van der Waals surface area contributed by atoms with Gasteiger partial charge in [-0.1, -0.05) is 30.3 Å². The lowest BCUT2D eigenvalue weighted by molar-refractivity contribution is 0.102. The zero-order valence-electron chi connectivity index (χ0n) is 19.8. The van der Waals surface area contributed by atoms with Gasteiger partial charge in [-0.25, -0.2) is 13.4 Å². The maximum atomic E-state index is 12.9. The maximum absolute atomic E-state index is 12.9. The van der Waals surface area contributed by atoms with Gasteiger partial charge in [0.2, 0.25) is 11.8 Å². The molecule has 37 heavy (non-hydrogen) atoms. The van der Waals surface area contributed by atoms with Crippen LogP contribution in [-0.4, -0.2) is 30.5 Å². The summed E-state index contributed by atoms with van der Waals surface area (Å²) in [5.41, 5.74) is 1.92. The molecule has 0 atom stereocenters. The van der Waals surface area contributed by atoms with E-state index < -0.39 is 9.84 Å². The maximum Gasteiger partial charge on any atom is 0.256 e. The lowest BCUT2D eigenvalue weighted by atomic mass is 10.0. The van der Waals surface area contributed by atoms with Crippen LogP contribution in [0.15, 0.2) is 108 Å². The van der Waals surface area contributed by atoms with Crippen molar-refractivity contribution in [2.45, 2.75) is 4.90 Å². The first kappa shape index (κ1) is 24.0. The minimum Gasteiger partial charge on any atom is -0.439 e. The number of rotatable bonds is 7. The van der Waals surface area contributed by atoms with Gasteiger partial charge in [0.05, 0.1) is 4.90 Å². The van der Waals surface area contributed by atoms with Crippen molar-refractivity contribution in [2.75, 3.05) is 16.9 Å². The third-order valence-corrected chi connectivity index (χ3v) is 6.65. The molecule has 0 aliphatic rings. The highest BCUT2D eigenvalue weighted by molar-refractivity contribution is 7.90. The van der Waals surface area contributed by atoms with Crippen LogP contribution in [0.3, 0.4) is 0 Å². The molecule has 1 amide bonds. The van der Waals surface area contributed by atoms with Crippen molar-refractivity contribution in [1.82, 2.24) is 9.97 Å². The predicted octanol–water partition coefficient (Wildman–Crippen LogP) is 5.82. The molecule has 0 saturated carbocycles. The number of amides is 1. The summed E-state index contributed by atoms with van der Waals surface area (Å²) in [4.78, 5) is 21.7. The number of hydrogen-bond acceptors (Lipinski definition) is 7. The Kier molecular flexibility index (Phi) is 6.53.